The van der Waals surface area contributed by atoms with Gasteiger partial charge in [-0.25, -0.2) is 4.98 Å². The van der Waals surface area contributed by atoms with Crippen molar-refractivity contribution in [1.29, 1.82) is 0 Å². The number of likely N-dealkylation sites (tertiary alicyclic amines) is 1. The van der Waals surface area contributed by atoms with E-state index in [0.29, 0.717) is 17.5 Å². The molecule has 2 atom stereocenters. The van der Waals surface area contributed by atoms with Crippen LogP contribution in [0.3, 0.4) is 0 Å². The van der Waals surface area contributed by atoms with E-state index in [4.69, 9.17) is 0 Å². The van der Waals surface area contributed by atoms with Gasteiger partial charge in [-0.3, -0.25) is 4.79 Å². The molecule has 0 bridgehead atoms. The number of aromatic nitrogens is 2. The molecule has 3 heterocycles. The predicted octanol–water partition coefficient (Wildman–Crippen LogP) is 2.76. The van der Waals surface area contributed by atoms with Crippen LogP contribution in [0.15, 0.2) is 24.5 Å². The molecule has 1 aliphatic heterocycles. The van der Waals surface area contributed by atoms with Crippen LogP contribution in [0.2, 0.25) is 0 Å². The first-order valence-corrected chi connectivity index (χ1v) is 7.27. The lowest BCUT2D eigenvalue weighted by atomic mass is 9.92. The lowest BCUT2D eigenvalue weighted by Gasteiger charge is -2.34. The topological polar surface area (TPSA) is 37.6 Å². The highest BCUT2D eigenvalue weighted by Gasteiger charge is 2.27. The van der Waals surface area contributed by atoms with Crippen LogP contribution in [0.1, 0.15) is 36.3 Å². The number of piperidine rings is 1. The first-order chi connectivity index (χ1) is 9.52. The van der Waals surface area contributed by atoms with E-state index >= 15 is 0 Å². The zero-order valence-electron chi connectivity index (χ0n) is 12.3. The van der Waals surface area contributed by atoms with Crippen LogP contribution in [-0.4, -0.2) is 33.3 Å². The van der Waals surface area contributed by atoms with E-state index in [1.165, 1.54) is 6.42 Å². The van der Waals surface area contributed by atoms with E-state index in [0.717, 1.165) is 24.3 Å². The normalized spacial score (nSPS) is 23.2. The zero-order valence-corrected chi connectivity index (χ0v) is 12.3. The summed E-state index contributed by atoms with van der Waals surface area (Å²) in [7, 11) is 0. The van der Waals surface area contributed by atoms with Gasteiger partial charge in [0.25, 0.3) is 5.91 Å². The molecule has 0 N–H and O–H groups in total. The Kier molecular flexibility index (Phi) is 3.24. The van der Waals surface area contributed by atoms with Crippen LogP contribution in [-0.2, 0) is 0 Å². The third-order valence-electron chi connectivity index (χ3n) is 3.99. The summed E-state index contributed by atoms with van der Waals surface area (Å²) in [6.45, 7) is 8.14. The number of imidazole rings is 1. The highest BCUT2D eigenvalue weighted by Crippen LogP contribution is 2.22. The molecular formula is C16H21N3O. The second-order valence-electron chi connectivity index (χ2n) is 6.25. The molecule has 4 heteroatoms. The lowest BCUT2D eigenvalue weighted by Crippen LogP contribution is -2.42. The number of aryl methyl sites for hydroxylation is 1. The monoisotopic (exact) mass is 271 g/mol. The summed E-state index contributed by atoms with van der Waals surface area (Å²) in [5, 5.41) is 0. The number of rotatable bonds is 1. The standard InChI is InChI=1S/C16H21N3O/c1-11-4-5-18-10-14(17-15(18)7-11)16(20)19-8-12(2)6-13(3)9-19/h4-5,7,10,12-13H,6,8-9H2,1-3H3. The summed E-state index contributed by atoms with van der Waals surface area (Å²) in [4.78, 5) is 19.0. The van der Waals surface area contributed by atoms with Crippen molar-refractivity contribution in [3.63, 3.8) is 0 Å². The highest BCUT2D eigenvalue weighted by atomic mass is 16.2. The van der Waals surface area contributed by atoms with Gasteiger partial charge in [-0.05, 0) is 42.9 Å². The summed E-state index contributed by atoms with van der Waals surface area (Å²) >= 11 is 0. The average molecular weight is 271 g/mol. The third kappa shape index (κ3) is 2.42. The Bertz CT molecular complexity index is 636. The Morgan fingerprint density at radius 2 is 2.00 bits per heavy atom. The first-order valence-electron chi connectivity index (χ1n) is 7.27. The molecule has 2 aromatic rings. The fourth-order valence-corrected chi connectivity index (χ4v) is 3.18. The number of fused-ring (bicyclic) bond motifs is 1. The Morgan fingerprint density at radius 1 is 1.30 bits per heavy atom. The second kappa shape index (κ2) is 4.93. The van der Waals surface area contributed by atoms with Crippen molar-refractivity contribution in [2.45, 2.75) is 27.2 Å². The molecule has 4 nitrogen and oxygen atoms in total. The second-order valence-corrected chi connectivity index (χ2v) is 6.25. The van der Waals surface area contributed by atoms with Crippen LogP contribution in [0.4, 0.5) is 0 Å². The minimum atomic E-state index is 0.0600. The van der Waals surface area contributed by atoms with Crippen molar-refractivity contribution >= 4 is 11.6 Å². The van der Waals surface area contributed by atoms with Gasteiger partial charge in [0.2, 0.25) is 0 Å². The molecular weight excluding hydrogens is 250 g/mol. The van der Waals surface area contributed by atoms with Crippen molar-refractivity contribution in [3.05, 3.63) is 35.8 Å². The summed E-state index contributed by atoms with van der Waals surface area (Å²) in [5.74, 6) is 1.20. The van der Waals surface area contributed by atoms with Crippen LogP contribution in [0.25, 0.3) is 5.65 Å². The maximum Gasteiger partial charge on any atom is 0.274 e. The first kappa shape index (κ1) is 13.2. The molecule has 0 radical (unpaired) electrons. The number of pyridine rings is 1. The molecule has 1 saturated heterocycles. The Balaban J connectivity index is 1.88. The number of amides is 1. The molecule has 20 heavy (non-hydrogen) atoms. The highest BCUT2D eigenvalue weighted by molar-refractivity contribution is 5.93. The van der Waals surface area contributed by atoms with E-state index in [-0.39, 0.29) is 5.91 Å². The molecule has 1 amide bonds. The van der Waals surface area contributed by atoms with E-state index in [1.54, 1.807) is 0 Å². The Hall–Kier alpha value is -1.84. The summed E-state index contributed by atoms with van der Waals surface area (Å²) in [5.41, 5.74) is 2.55. The molecule has 0 saturated carbocycles. The number of carbonyl (C=O) groups excluding carboxylic acids is 1. The molecule has 1 fully saturated rings. The maximum atomic E-state index is 12.6. The van der Waals surface area contributed by atoms with Crippen molar-refractivity contribution in [1.82, 2.24) is 14.3 Å². The SMILES string of the molecule is Cc1ccn2cc(C(=O)N3CC(C)CC(C)C3)nc2c1. The van der Waals surface area contributed by atoms with Gasteiger partial charge in [-0.1, -0.05) is 13.8 Å². The summed E-state index contributed by atoms with van der Waals surface area (Å²) in [6, 6.07) is 4.02. The molecule has 106 valence electrons. The van der Waals surface area contributed by atoms with Crippen LogP contribution in [0, 0.1) is 18.8 Å². The smallest absolute Gasteiger partial charge is 0.274 e. The maximum absolute atomic E-state index is 12.6. The van der Waals surface area contributed by atoms with Gasteiger partial charge in [0.1, 0.15) is 11.3 Å². The zero-order chi connectivity index (χ0) is 14.3. The fraction of sp³-hybridized carbons (Fsp3) is 0.500. The average Bonchev–Trinajstić information content (AvgIpc) is 2.79. The van der Waals surface area contributed by atoms with E-state index in [9.17, 15) is 4.79 Å². The minimum Gasteiger partial charge on any atom is -0.337 e. The van der Waals surface area contributed by atoms with Gasteiger partial charge in [-0.15, -0.1) is 0 Å². The molecule has 3 rings (SSSR count). The summed E-state index contributed by atoms with van der Waals surface area (Å²) < 4.78 is 1.91. The van der Waals surface area contributed by atoms with Crippen LogP contribution >= 0.6 is 0 Å². The minimum absolute atomic E-state index is 0.0600. The number of nitrogens with zero attached hydrogens (tertiary/aromatic N) is 3. The van der Waals surface area contributed by atoms with Crippen LogP contribution < -0.4 is 0 Å². The van der Waals surface area contributed by atoms with Crippen molar-refractivity contribution in [2.24, 2.45) is 11.8 Å². The predicted molar refractivity (Wildman–Crippen MR) is 78.8 cm³/mol. The van der Waals surface area contributed by atoms with Gasteiger partial charge in [0, 0.05) is 25.5 Å². The quantitative estimate of drug-likeness (QED) is 0.800. The van der Waals surface area contributed by atoms with Gasteiger partial charge < -0.3 is 9.30 Å². The van der Waals surface area contributed by atoms with Gasteiger partial charge >= 0.3 is 0 Å². The Labute approximate surface area is 119 Å². The third-order valence-corrected chi connectivity index (χ3v) is 3.99. The number of carbonyl (C=O) groups is 1. The van der Waals surface area contributed by atoms with Gasteiger partial charge in [0.15, 0.2) is 0 Å². The summed E-state index contributed by atoms with van der Waals surface area (Å²) in [6.07, 6.45) is 4.99. The van der Waals surface area contributed by atoms with E-state index in [1.807, 2.05) is 40.8 Å². The van der Waals surface area contributed by atoms with E-state index < -0.39 is 0 Å². The van der Waals surface area contributed by atoms with E-state index in [2.05, 4.69) is 18.8 Å². The van der Waals surface area contributed by atoms with Crippen molar-refractivity contribution < 1.29 is 4.79 Å². The number of hydrogen-bond acceptors (Lipinski definition) is 2. The number of hydrogen-bond donors (Lipinski definition) is 0. The molecule has 1 aliphatic rings. The van der Waals surface area contributed by atoms with Crippen LogP contribution in [0.5, 0.6) is 0 Å². The molecule has 0 aromatic carbocycles. The lowest BCUT2D eigenvalue weighted by molar-refractivity contribution is 0.0618. The molecule has 0 spiro atoms. The van der Waals surface area contributed by atoms with Gasteiger partial charge in [-0.2, -0.15) is 0 Å². The molecule has 2 unspecified atom stereocenters. The van der Waals surface area contributed by atoms with Crippen molar-refractivity contribution in [2.75, 3.05) is 13.1 Å². The van der Waals surface area contributed by atoms with Gasteiger partial charge in [0.05, 0.1) is 0 Å². The molecule has 0 aliphatic carbocycles. The van der Waals surface area contributed by atoms with Crippen molar-refractivity contribution in [3.8, 4) is 0 Å². The largest absolute Gasteiger partial charge is 0.337 e. The fourth-order valence-electron chi connectivity index (χ4n) is 3.18. The Morgan fingerprint density at radius 3 is 2.70 bits per heavy atom. The molecule has 2 aromatic heterocycles.